The average Bonchev–Trinajstić information content (AvgIpc) is 2.89. The van der Waals surface area contributed by atoms with Crippen LogP contribution in [0.5, 0.6) is 0 Å². The first kappa shape index (κ1) is 29.2. The van der Waals surface area contributed by atoms with Gasteiger partial charge in [0.25, 0.3) is 0 Å². The van der Waals surface area contributed by atoms with Gasteiger partial charge in [-0.2, -0.15) is 13.2 Å². The summed E-state index contributed by atoms with van der Waals surface area (Å²) >= 11 is 0. The van der Waals surface area contributed by atoms with Gasteiger partial charge in [-0.25, -0.2) is 0 Å². The van der Waals surface area contributed by atoms with Crippen LogP contribution in [0.3, 0.4) is 0 Å². The van der Waals surface area contributed by atoms with Gasteiger partial charge in [0.05, 0.1) is 5.56 Å². The summed E-state index contributed by atoms with van der Waals surface area (Å²) in [4.78, 5) is 1.90. The fourth-order valence-corrected chi connectivity index (χ4v) is 6.33. The van der Waals surface area contributed by atoms with Crippen molar-refractivity contribution in [3.8, 4) is 22.3 Å². The van der Waals surface area contributed by atoms with Gasteiger partial charge in [-0.1, -0.05) is 59.7 Å². The second-order valence-corrected chi connectivity index (χ2v) is 11.5. The van der Waals surface area contributed by atoms with Gasteiger partial charge in [-0.05, 0) is 141 Å². The zero-order valence-corrected chi connectivity index (χ0v) is 25.2. The van der Waals surface area contributed by atoms with E-state index in [1.807, 2.05) is 29.2 Å². The molecule has 0 N–H and O–H groups in total. The van der Waals surface area contributed by atoms with Crippen LogP contribution in [0, 0.1) is 48.5 Å². The summed E-state index contributed by atoms with van der Waals surface area (Å²) in [5.74, 6) is 0. The molecule has 1 nitrogen and oxygen atoms in total. The van der Waals surface area contributed by atoms with Crippen LogP contribution in [-0.2, 0) is 6.18 Å². The molecule has 0 radical (unpaired) electrons. The SMILES string of the molecule is Cc1cc(N(c2ccc(-c3c(C)cc(C)cc3C)cc2)c2ccc(-c3c(C)cc(C)cc3C)cc2)cc(C(F)(F)F)c1. The number of rotatable bonds is 5. The molecule has 0 bridgehead atoms. The zero-order chi connectivity index (χ0) is 30.3. The van der Waals surface area contributed by atoms with Gasteiger partial charge in [0.1, 0.15) is 0 Å². The highest BCUT2D eigenvalue weighted by atomic mass is 19.4. The molecule has 4 heteroatoms. The lowest BCUT2D eigenvalue weighted by Crippen LogP contribution is -2.13. The molecule has 0 amide bonds. The second kappa shape index (κ2) is 11.2. The van der Waals surface area contributed by atoms with Crippen LogP contribution in [0.4, 0.5) is 30.2 Å². The van der Waals surface area contributed by atoms with Crippen LogP contribution < -0.4 is 4.90 Å². The van der Waals surface area contributed by atoms with Crippen molar-refractivity contribution >= 4 is 17.1 Å². The molecule has 5 aromatic rings. The van der Waals surface area contributed by atoms with E-state index < -0.39 is 11.7 Å². The Labute approximate surface area is 247 Å². The number of hydrogen-bond donors (Lipinski definition) is 0. The fraction of sp³-hybridized carbons (Fsp3) is 0.211. The maximum absolute atomic E-state index is 13.9. The van der Waals surface area contributed by atoms with E-state index in [2.05, 4.69) is 90.1 Å². The summed E-state index contributed by atoms with van der Waals surface area (Å²) in [7, 11) is 0. The van der Waals surface area contributed by atoms with Crippen LogP contribution in [0.1, 0.15) is 44.5 Å². The predicted molar refractivity (Wildman–Crippen MR) is 170 cm³/mol. The van der Waals surface area contributed by atoms with Gasteiger partial charge in [0, 0.05) is 17.1 Å². The van der Waals surface area contributed by atoms with Crippen molar-refractivity contribution in [2.24, 2.45) is 0 Å². The highest BCUT2D eigenvalue weighted by Gasteiger charge is 2.31. The number of benzene rings is 5. The van der Waals surface area contributed by atoms with Crippen molar-refractivity contribution in [1.82, 2.24) is 0 Å². The Kier molecular flexibility index (Phi) is 7.76. The number of alkyl halides is 3. The molecule has 0 aliphatic heterocycles. The summed E-state index contributed by atoms with van der Waals surface area (Å²) in [6, 6.07) is 29.1. The van der Waals surface area contributed by atoms with Gasteiger partial charge < -0.3 is 4.90 Å². The molecule has 0 spiro atoms. The topological polar surface area (TPSA) is 3.24 Å². The normalized spacial score (nSPS) is 11.6. The molecule has 0 atom stereocenters. The molecule has 0 unspecified atom stereocenters. The number of anilines is 3. The fourth-order valence-electron chi connectivity index (χ4n) is 6.33. The number of halogens is 3. The summed E-state index contributed by atoms with van der Waals surface area (Å²) in [6.07, 6.45) is -4.44. The highest BCUT2D eigenvalue weighted by Crippen LogP contribution is 2.41. The summed E-state index contributed by atoms with van der Waals surface area (Å²) in [5, 5.41) is 0. The van der Waals surface area contributed by atoms with E-state index in [-0.39, 0.29) is 0 Å². The minimum atomic E-state index is -4.44. The maximum Gasteiger partial charge on any atom is 0.416 e. The van der Waals surface area contributed by atoms with Crippen molar-refractivity contribution in [3.05, 3.63) is 136 Å². The number of hydrogen-bond acceptors (Lipinski definition) is 1. The standard InChI is InChI=1S/C38H36F3N/c1-23-16-26(4)36(27(5)17-23)30-8-12-33(13-9-30)42(35-21-25(3)20-32(22-35)38(39,40)41)34-14-10-31(11-15-34)37-28(6)18-24(2)19-29(37)7/h8-22H,1-7H3. The molecule has 0 saturated heterocycles. The smallest absolute Gasteiger partial charge is 0.310 e. The molecule has 0 saturated carbocycles. The average molecular weight is 564 g/mol. The molecule has 0 aliphatic carbocycles. The van der Waals surface area contributed by atoms with Crippen molar-refractivity contribution in [3.63, 3.8) is 0 Å². The molecule has 214 valence electrons. The summed E-state index contributed by atoms with van der Waals surface area (Å²) in [5.41, 5.74) is 13.7. The molecule has 42 heavy (non-hydrogen) atoms. The van der Waals surface area contributed by atoms with Crippen molar-refractivity contribution in [1.29, 1.82) is 0 Å². The Balaban J connectivity index is 1.63. The maximum atomic E-state index is 13.9. The molecular formula is C38H36F3N. The highest BCUT2D eigenvalue weighted by molar-refractivity contribution is 5.82. The first-order chi connectivity index (χ1) is 19.8. The van der Waals surface area contributed by atoms with Gasteiger partial charge in [-0.3, -0.25) is 0 Å². The van der Waals surface area contributed by atoms with E-state index in [4.69, 9.17) is 0 Å². The van der Waals surface area contributed by atoms with E-state index in [0.717, 1.165) is 22.5 Å². The minimum absolute atomic E-state index is 0.466. The molecular weight excluding hydrogens is 527 g/mol. The van der Waals surface area contributed by atoms with Gasteiger partial charge in [-0.15, -0.1) is 0 Å². The second-order valence-electron chi connectivity index (χ2n) is 11.5. The number of aryl methyl sites for hydroxylation is 7. The summed E-state index contributed by atoms with van der Waals surface area (Å²) < 4.78 is 41.7. The van der Waals surface area contributed by atoms with E-state index in [9.17, 15) is 13.2 Å². The third-order valence-electron chi connectivity index (χ3n) is 7.83. The van der Waals surface area contributed by atoms with E-state index >= 15 is 0 Å². The first-order valence-corrected chi connectivity index (χ1v) is 14.2. The van der Waals surface area contributed by atoms with Crippen LogP contribution in [0.2, 0.25) is 0 Å². The van der Waals surface area contributed by atoms with E-state index in [0.29, 0.717) is 11.3 Å². The Morgan fingerprint density at radius 2 is 0.786 bits per heavy atom. The monoisotopic (exact) mass is 563 g/mol. The van der Waals surface area contributed by atoms with Crippen LogP contribution in [0.25, 0.3) is 22.3 Å². The van der Waals surface area contributed by atoms with E-state index in [1.165, 1.54) is 56.6 Å². The lowest BCUT2D eigenvalue weighted by atomic mass is 9.93. The molecule has 5 rings (SSSR count). The Morgan fingerprint density at radius 1 is 0.429 bits per heavy atom. The van der Waals surface area contributed by atoms with Gasteiger partial charge in [0.2, 0.25) is 0 Å². The molecule has 5 aromatic carbocycles. The lowest BCUT2D eigenvalue weighted by molar-refractivity contribution is -0.137. The van der Waals surface area contributed by atoms with E-state index in [1.54, 1.807) is 13.0 Å². The molecule has 0 heterocycles. The molecule has 0 aromatic heterocycles. The van der Waals surface area contributed by atoms with Crippen LogP contribution in [0.15, 0.2) is 91.0 Å². The quantitative estimate of drug-likeness (QED) is 0.206. The van der Waals surface area contributed by atoms with Gasteiger partial charge in [0.15, 0.2) is 0 Å². The largest absolute Gasteiger partial charge is 0.416 e. The van der Waals surface area contributed by atoms with Crippen molar-refractivity contribution in [2.75, 3.05) is 4.90 Å². The van der Waals surface area contributed by atoms with Crippen molar-refractivity contribution in [2.45, 2.75) is 54.6 Å². The third kappa shape index (κ3) is 5.85. The lowest BCUT2D eigenvalue weighted by Gasteiger charge is -2.27. The minimum Gasteiger partial charge on any atom is -0.310 e. The third-order valence-corrected chi connectivity index (χ3v) is 7.83. The van der Waals surface area contributed by atoms with Crippen molar-refractivity contribution < 1.29 is 13.2 Å². The Bertz CT molecular complexity index is 1610. The molecule has 0 fully saturated rings. The number of nitrogens with zero attached hydrogens (tertiary/aromatic N) is 1. The zero-order valence-electron chi connectivity index (χ0n) is 25.2. The van der Waals surface area contributed by atoms with Crippen LogP contribution in [-0.4, -0.2) is 0 Å². The molecule has 0 aliphatic rings. The van der Waals surface area contributed by atoms with Crippen LogP contribution >= 0.6 is 0 Å². The Hall–Kier alpha value is -4.31. The Morgan fingerprint density at radius 3 is 1.14 bits per heavy atom. The first-order valence-electron chi connectivity index (χ1n) is 14.2. The van der Waals surface area contributed by atoms with Gasteiger partial charge >= 0.3 is 6.18 Å². The predicted octanol–water partition coefficient (Wildman–Crippen LogP) is 11.7. The summed E-state index contributed by atoms with van der Waals surface area (Å²) in [6.45, 7) is 14.3.